The van der Waals surface area contributed by atoms with Crippen molar-refractivity contribution in [2.45, 2.75) is 19.8 Å². The molecule has 0 aromatic heterocycles. The first kappa shape index (κ1) is 18.6. The quantitative estimate of drug-likeness (QED) is 0.433. The highest BCUT2D eigenvalue weighted by Crippen LogP contribution is 2.35. The zero-order chi connectivity index (χ0) is 13.2. The second-order valence-electron chi connectivity index (χ2n) is 2.69. The monoisotopic (exact) mass is 293 g/mol. The fraction of sp³-hybridized carbons (Fsp3) is 0.833. The van der Waals surface area contributed by atoms with Gasteiger partial charge in [-0.3, -0.25) is 9.36 Å². The van der Waals surface area contributed by atoms with Crippen LogP contribution in [0.2, 0.25) is 0 Å². The molecular weight excluding hydrogens is 278 g/mol. The van der Waals surface area contributed by atoms with Crippen molar-refractivity contribution in [3.8, 4) is 0 Å². The van der Waals surface area contributed by atoms with Crippen molar-refractivity contribution in [3.05, 3.63) is 0 Å². The lowest BCUT2D eigenvalue weighted by Gasteiger charge is -2.01. The number of hydrogen-bond acceptors (Lipinski definition) is 4. The van der Waals surface area contributed by atoms with Crippen LogP contribution in [0.1, 0.15) is 19.8 Å². The first-order valence-corrected chi connectivity index (χ1v) is 8.13. The standard InChI is InChI=1S/C6H13O4PS.HO3P/c1-6(7)12-5-3-2-4-11(8,9)10;1-4(2)3/h2-5H2,1H3,(H2,8,9,10);(H-,1,2,3)/p+1. The Balaban J connectivity index is 0. The zero-order valence-electron chi connectivity index (χ0n) is 8.64. The maximum Gasteiger partial charge on any atom is 0.692 e. The Morgan fingerprint density at radius 2 is 1.75 bits per heavy atom. The summed E-state index contributed by atoms with van der Waals surface area (Å²) in [5, 5.41) is 0.0474. The Bertz CT molecular complexity index is 260. The molecule has 0 aromatic carbocycles. The van der Waals surface area contributed by atoms with Crippen LogP contribution in [-0.4, -0.2) is 36.6 Å². The molecule has 0 atom stereocenters. The van der Waals surface area contributed by atoms with Gasteiger partial charge in [-0.05, 0) is 12.8 Å². The van der Waals surface area contributed by atoms with Gasteiger partial charge in [-0.2, -0.15) is 0 Å². The molecule has 96 valence electrons. The minimum absolute atomic E-state index is 0.0474. The van der Waals surface area contributed by atoms with E-state index in [1.807, 2.05) is 0 Å². The number of rotatable bonds is 5. The lowest BCUT2D eigenvalue weighted by Crippen LogP contribution is -1.91. The van der Waals surface area contributed by atoms with E-state index in [0.29, 0.717) is 18.6 Å². The number of unbranched alkanes of at least 4 members (excludes halogenated alkanes) is 1. The third-order valence-corrected chi connectivity index (χ3v) is 2.95. The predicted octanol–water partition coefficient (Wildman–Crippen LogP) is 0.852. The van der Waals surface area contributed by atoms with Gasteiger partial charge in [-0.15, -0.1) is 9.79 Å². The van der Waals surface area contributed by atoms with Crippen LogP contribution >= 0.6 is 27.6 Å². The Morgan fingerprint density at radius 1 is 1.31 bits per heavy atom. The molecule has 0 aliphatic rings. The van der Waals surface area contributed by atoms with E-state index >= 15 is 0 Å². The first-order valence-electron chi connectivity index (χ1n) is 4.18. The van der Waals surface area contributed by atoms with Crippen LogP contribution in [0.4, 0.5) is 0 Å². The molecule has 0 spiro atoms. The van der Waals surface area contributed by atoms with Gasteiger partial charge in [-0.25, -0.2) is 0 Å². The highest BCUT2D eigenvalue weighted by Gasteiger charge is 2.11. The molecule has 7 nitrogen and oxygen atoms in total. The topological polar surface area (TPSA) is 132 Å². The summed E-state index contributed by atoms with van der Waals surface area (Å²) in [6.45, 7) is 1.48. The SMILES string of the molecule is CC(=O)SCCCCP(=O)(O)O.O=[P+](O)O. The van der Waals surface area contributed by atoms with E-state index in [9.17, 15) is 9.36 Å². The van der Waals surface area contributed by atoms with E-state index in [1.54, 1.807) is 0 Å². The second kappa shape index (κ2) is 10.4. The van der Waals surface area contributed by atoms with Crippen LogP contribution in [0.15, 0.2) is 0 Å². The lowest BCUT2D eigenvalue weighted by molar-refractivity contribution is -0.109. The maximum atomic E-state index is 10.4. The summed E-state index contributed by atoms with van der Waals surface area (Å²) in [6, 6.07) is 0. The van der Waals surface area contributed by atoms with Crippen molar-refractivity contribution in [2.24, 2.45) is 0 Å². The molecule has 0 aliphatic heterocycles. The van der Waals surface area contributed by atoms with E-state index in [4.69, 9.17) is 24.1 Å². The van der Waals surface area contributed by atoms with Crippen LogP contribution in [0.3, 0.4) is 0 Å². The molecule has 0 amide bonds. The van der Waals surface area contributed by atoms with Crippen molar-refractivity contribution in [1.29, 1.82) is 0 Å². The van der Waals surface area contributed by atoms with Gasteiger partial charge in [-0.1, -0.05) is 11.8 Å². The van der Waals surface area contributed by atoms with Gasteiger partial charge in [0.1, 0.15) is 0 Å². The number of carbonyl (C=O) groups is 1. The van der Waals surface area contributed by atoms with Crippen molar-refractivity contribution >= 4 is 32.7 Å². The molecule has 0 radical (unpaired) electrons. The lowest BCUT2D eigenvalue weighted by atomic mass is 10.4. The van der Waals surface area contributed by atoms with E-state index in [-0.39, 0.29) is 11.3 Å². The number of hydrogen-bond donors (Lipinski definition) is 4. The van der Waals surface area contributed by atoms with Gasteiger partial charge in [0.25, 0.3) is 0 Å². The highest BCUT2D eigenvalue weighted by molar-refractivity contribution is 8.13. The summed E-state index contributed by atoms with van der Waals surface area (Å²) in [4.78, 5) is 41.6. The predicted molar refractivity (Wildman–Crippen MR) is 61.3 cm³/mol. The Labute approximate surface area is 98.4 Å². The van der Waals surface area contributed by atoms with Crippen molar-refractivity contribution in [3.63, 3.8) is 0 Å². The third kappa shape index (κ3) is 29.2. The largest absolute Gasteiger partial charge is 0.692 e. The Morgan fingerprint density at radius 3 is 2.06 bits per heavy atom. The molecule has 0 saturated carbocycles. The van der Waals surface area contributed by atoms with Crippen LogP contribution in [0.25, 0.3) is 0 Å². The van der Waals surface area contributed by atoms with Gasteiger partial charge in [0.15, 0.2) is 5.12 Å². The minimum atomic E-state index is -3.82. The molecule has 0 fully saturated rings. The van der Waals surface area contributed by atoms with Gasteiger partial charge >= 0.3 is 15.9 Å². The molecule has 0 bridgehead atoms. The number of thioether (sulfide) groups is 1. The van der Waals surface area contributed by atoms with Crippen LogP contribution < -0.4 is 0 Å². The van der Waals surface area contributed by atoms with Crippen LogP contribution in [-0.2, 0) is 13.9 Å². The normalized spacial score (nSPS) is 10.3. The summed E-state index contributed by atoms with van der Waals surface area (Å²) in [5.41, 5.74) is 0. The van der Waals surface area contributed by atoms with Crippen LogP contribution in [0, 0.1) is 0 Å². The van der Waals surface area contributed by atoms with Crippen molar-refractivity contribution in [1.82, 2.24) is 0 Å². The Hall–Kier alpha value is 0.190. The second-order valence-corrected chi connectivity index (χ2v) is 6.24. The molecule has 0 unspecified atom stereocenters. The summed E-state index contributed by atoms with van der Waals surface area (Å²) >= 11 is 1.19. The van der Waals surface area contributed by atoms with E-state index in [0.717, 1.165) is 0 Å². The minimum Gasteiger partial charge on any atom is -0.324 e. The summed E-state index contributed by atoms with van der Waals surface area (Å²) in [6.07, 6.45) is 1.07. The molecule has 16 heavy (non-hydrogen) atoms. The highest BCUT2D eigenvalue weighted by atomic mass is 32.2. The van der Waals surface area contributed by atoms with Gasteiger partial charge in [0.05, 0.1) is 0 Å². The summed E-state index contributed by atoms with van der Waals surface area (Å²) < 4.78 is 19.1. The van der Waals surface area contributed by atoms with E-state index in [2.05, 4.69) is 0 Å². The summed E-state index contributed by atoms with van der Waals surface area (Å²) in [7, 11) is -6.69. The molecule has 0 aliphatic carbocycles. The smallest absolute Gasteiger partial charge is 0.324 e. The maximum absolute atomic E-state index is 10.4. The molecule has 0 aromatic rings. The molecule has 0 saturated heterocycles. The zero-order valence-corrected chi connectivity index (χ0v) is 11.3. The Kier molecular flexibility index (Phi) is 12.0. The molecule has 0 rings (SSSR count). The van der Waals surface area contributed by atoms with Crippen molar-refractivity contribution in [2.75, 3.05) is 11.9 Å². The molecule has 4 N–H and O–H groups in total. The third-order valence-electron chi connectivity index (χ3n) is 1.15. The average Bonchev–Trinajstić information content (AvgIpc) is 1.99. The average molecular weight is 293 g/mol. The van der Waals surface area contributed by atoms with Gasteiger partial charge < -0.3 is 9.79 Å². The van der Waals surface area contributed by atoms with E-state index in [1.165, 1.54) is 18.7 Å². The number of carbonyl (C=O) groups excluding carboxylic acids is 1. The van der Waals surface area contributed by atoms with Gasteiger partial charge in [0, 0.05) is 23.4 Å². The fourth-order valence-electron chi connectivity index (χ4n) is 0.636. The molecular formula is C6H15O7P2S+. The first-order chi connectivity index (χ1) is 7.15. The molecule has 10 heteroatoms. The fourth-order valence-corrected chi connectivity index (χ4v) is 1.91. The van der Waals surface area contributed by atoms with Gasteiger partial charge in [0.2, 0.25) is 0 Å². The summed E-state index contributed by atoms with van der Waals surface area (Å²) in [5.74, 6) is 0.648. The van der Waals surface area contributed by atoms with E-state index < -0.39 is 15.9 Å². The van der Waals surface area contributed by atoms with Crippen molar-refractivity contribution < 1.29 is 33.5 Å². The molecule has 0 heterocycles. The van der Waals surface area contributed by atoms with Crippen LogP contribution in [0.5, 0.6) is 0 Å².